The van der Waals surface area contributed by atoms with Crippen molar-refractivity contribution < 1.29 is 4.79 Å². The Balaban J connectivity index is 1.82. The first-order valence-electron chi connectivity index (χ1n) is 6.06. The number of para-hydroxylation sites is 1. The Hall–Kier alpha value is -2.01. The number of nitrogens with one attached hydrogen (secondary N) is 1. The van der Waals surface area contributed by atoms with Crippen LogP contribution in [0, 0.1) is 0 Å². The lowest BCUT2D eigenvalue weighted by Gasteiger charge is -2.28. The normalized spacial score (nSPS) is 13.8. The van der Waals surface area contributed by atoms with Crippen molar-refractivity contribution in [1.82, 2.24) is 4.98 Å². The highest BCUT2D eigenvalue weighted by Crippen LogP contribution is 2.32. The Kier molecular flexibility index (Phi) is 3.37. The Labute approximate surface area is 115 Å². The lowest BCUT2D eigenvalue weighted by atomic mass is 10.3. The van der Waals surface area contributed by atoms with E-state index in [4.69, 9.17) is 0 Å². The first-order valence-corrected chi connectivity index (χ1v) is 7.04. The van der Waals surface area contributed by atoms with Gasteiger partial charge < -0.3 is 5.32 Å². The monoisotopic (exact) mass is 271 g/mol. The minimum atomic E-state index is -0.110. The van der Waals surface area contributed by atoms with E-state index in [1.54, 1.807) is 22.9 Å². The van der Waals surface area contributed by atoms with Crippen LogP contribution in [0.15, 0.2) is 53.7 Å². The molecule has 1 aliphatic rings. The summed E-state index contributed by atoms with van der Waals surface area (Å²) >= 11 is 1.68. The van der Waals surface area contributed by atoms with Crippen LogP contribution in [0.5, 0.6) is 0 Å². The second kappa shape index (κ2) is 5.32. The van der Waals surface area contributed by atoms with Crippen LogP contribution in [0.1, 0.15) is 0 Å². The summed E-state index contributed by atoms with van der Waals surface area (Å²) in [7, 11) is 0. The van der Waals surface area contributed by atoms with Crippen molar-refractivity contribution in [2.45, 2.75) is 5.03 Å². The van der Waals surface area contributed by atoms with Gasteiger partial charge in [0.1, 0.15) is 5.03 Å². The number of urea groups is 1. The number of thioether (sulfide) groups is 1. The zero-order chi connectivity index (χ0) is 13.1. The Morgan fingerprint density at radius 1 is 1.21 bits per heavy atom. The number of aromatic nitrogens is 1. The van der Waals surface area contributed by atoms with Gasteiger partial charge in [-0.2, -0.15) is 0 Å². The summed E-state index contributed by atoms with van der Waals surface area (Å²) in [5, 5.41) is 3.82. The van der Waals surface area contributed by atoms with Crippen LogP contribution >= 0.6 is 11.8 Å². The molecule has 0 spiro atoms. The minimum Gasteiger partial charge on any atom is -0.308 e. The van der Waals surface area contributed by atoms with E-state index in [-0.39, 0.29) is 6.03 Å². The molecule has 0 saturated heterocycles. The molecule has 1 N–H and O–H groups in total. The van der Waals surface area contributed by atoms with Crippen LogP contribution in [0.4, 0.5) is 16.2 Å². The number of carbonyl (C=O) groups excluding carboxylic acids is 1. The summed E-state index contributed by atoms with van der Waals surface area (Å²) < 4.78 is 0. The summed E-state index contributed by atoms with van der Waals surface area (Å²) in [6.45, 7) is 0.696. The quantitative estimate of drug-likeness (QED) is 0.866. The summed E-state index contributed by atoms with van der Waals surface area (Å²) in [5.74, 6) is 0.867. The third kappa shape index (κ3) is 2.56. The number of pyridine rings is 1. The fourth-order valence-electron chi connectivity index (χ4n) is 1.98. The molecule has 2 heterocycles. The molecule has 2 amide bonds. The first-order chi connectivity index (χ1) is 9.34. The van der Waals surface area contributed by atoms with Gasteiger partial charge in [0.15, 0.2) is 0 Å². The Morgan fingerprint density at radius 3 is 2.89 bits per heavy atom. The molecule has 5 heteroatoms. The van der Waals surface area contributed by atoms with Gasteiger partial charge in [0.05, 0.1) is 5.69 Å². The third-order valence-corrected chi connectivity index (χ3v) is 3.84. The van der Waals surface area contributed by atoms with Crippen LogP contribution in [0.25, 0.3) is 0 Å². The van der Waals surface area contributed by atoms with Crippen LogP contribution in [0.2, 0.25) is 0 Å². The number of carbonyl (C=O) groups is 1. The van der Waals surface area contributed by atoms with Gasteiger partial charge in [-0.3, -0.25) is 4.90 Å². The Morgan fingerprint density at radius 2 is 2.05 bits per heavy atom. The average Bonchev–Trinajstić information content (AvgIpc) is 2.47. The van der Waals surface area contributed by atoms with Gasteiger partial charge in [-0.1, -0.05) is 18.2 Å². The summed E-state index contributed by atoms with van der Waals surface area (Å²) in [6.07, 6.45) is 1.75. The minimum absolute atomic E-state index is 0.110. The van der Waals surface area contributed by atoms with E-state index in [9.17, 15) is 4.79 Å². The number of nitrogens with zero attached hydrogens (tertiary/aromatic N) is 2. The van der Waals surface area contributed by atoms with Gasteiger partial charge in [0.25, 0.3) is 0 Å². The first kappa shape index (κ1) is 12.0. The largest absolute Gasteiger partial charge is 0.326 e. The molecule has 0 saturated carbocycles. The standard InChI is InChI=1S/C14H13N3OS/c18-14(16-11-5-2-1-3-6-11)17-9-10-19-13-12(17)7-4-8-15-13/h1-8H,9-10H2,(H,16,18). The highest BCUT2D eigenvalue weighted by Gasteiger charge is 2.23. The van der Waals surface area contributed by atoms with Crippen molar-refractivity contribution in [3.8, 4) is 0 Å². The van der Waals surface area contributed by atoms with Crippen LogP contribution < -0.4 is 10.2 Å². The third-order valence-electron chi connectivity index (χ3n) is 2.87. The van der Waals surface area contributed by atoms with Crippen molar-refractivity contribution in [2.75, 3.05) is 22.5 Å². The van der Waals surface area contributed by atoms with Gasteiger partial charge in [0.2, 0.25) is 0 Å². The Bertz CT molecular complexity index is 588. The molecule has 19 heavy (non-hydrogen) atoms. The topological polar surface area (TPSA) is 45.2 Å². The van der Waals surface area contributed by atoms with E-state index < -0.39 is 0 Å². The highest BCUT2D eigenvalue weighted by molar-refractivity contribution is 7.99. The maximum absolute atomic E-state index is 12.3. The van der Waals surface area contributed by atoms with Gasteiger partial charge in [-0.15, -0.1) is 11.8 Å². The maximum atomic E-state index is 12.3. The molecule has 96 valence electrons. The van der Waals surface area contributed by atoms with Crippen LogP contribution in [-0.4, -0.2) is 23.3 Å². The van der Waals surface area contributed by atoms with Gasteiger partial charge in [0, 0.05) is 24.2 Å². The average molecular weight is 271 g/mol. The molecule has 4 nitrogen and oxygen atoms in total. The molecule has 0 aliphatic carbocycles. The van der Waals surface area contributed by atoms with Crippen molar-refractivity contribution in [1.29, 1.82) is 0 Å². The molecule has 0 fully saturated rings. The van der Waals surface area contributed by atoms with Gasteiger partial charge >= 0.3 is 6.03 Å². The predicted molar refractivity (Wildman–Crippen MR) is 77.8 cm³/mol. The van der Waals surface area contributed by atoms with Crippen molar-refractivity contribution in [2.24, 2.45) is 0 Å². The number of benzene rings is 1. The fourth-order valence-corrected chi connectivity index (χ4v) is 2.91. The number of anilines is 2. The fraction of sp³-hybridized carbons (Fsp3) is 0.143. The van der Waals surface area contributed by atoms with Crippen molar-refractivity contribution in [3.05, 3.63) is 48.7 Å². The molecular weight excluding hydrogens is 258 g/mol. The summed E-state index contributed by atoms with van der Waals surface area (Å²) in [5.41, 5.74) is 1.68. The highest BCUT2D eigenvalue weighted by atomic mass is 32.2. The number of rotatable bonds is 1. The molecule has 1 aliphatic heterocycles. The van der Waals surface area contributed by atoms with E-state index in [1.807, 2.05) is 42.5 Å². The molecule has 1 aromatic heterocycles. The molecule has 0 radical (unpaired) electrons. The lowest BCUT2D eigenvalue weighted by molar-refractivity contribution is 0.257. The molecule has 0 bridgehead atoms. The molecule has 0 unspecified atom stereocenters. The summed E-state index contributed by atoms with van der Waals surface area (Å²) in [4.78, 5) is 18.4. The number of hydrogen-bond acceptors (Lipinski definition) is 3. The molecule has 2 aromatic rings. The van der Waals surface area contributed by atoms with Crippen molar-refractivity contribution >= 4 is 29.2 Å². The van der Waals surface area contributed by atoms with Crippen LogP contribution in [-0.2, 0) is 0 Å². The summed E-state index contributed by atoms with van der Waals surface area (Å²) in [6, 6.07) is 13.1. The lowest BCUT2D eigenvalue weighted by Crippen LogP contribution is -2.38. The molecule has 0 atom stereocenters. The molecular formula is C14H13N3OS. The predicted octanol–water partition coefficient (Wildman–Crippen LogP) is 3.23. The number of hydrogen-bond donors (Lipinski definition) is 1. The smallest absolute Gasteiger partial charge is 0.308 e. The van der Waals surface area contributed by atoms with Crippen molar-refractivity contribution in [3.63, 3.8) is 0 Å². The van der Waals surface area contributed by atoms with Crippen LogP contribution in [0.3, 0.4) is 0 Å². The maximum Gasteiger partial charge on any atom is 0.326 e. The SMILES string of the molecule is O=C(Nc1ccccc1)N1CCSc2ncccc21. The van der Waals surface area contributed by atoms with E-state index in [0.717, 1.165) is 22.2 Å². The van der Waals surface area contributed by atoms with E-state index in [1.165, 1.54) is 0 Å². The van der Waals surface area contributed by atoms with E-state index in [0.29, 0.717) is 6.54 Å². The second-order valence-corrected chi connectivity index (χ2v) is 5.21. The number of fused-ring (bicyclic) bond motifs is 1. The second-order valence-electron chi connectivity index (χ2n) is 4.12. The number of amides is 2. The van der Waals surface area contributed by atoms with E-state index in [2.05, 4.69) is 10.3 Å². The van der Waals surface area contributed by atoms with Gasteiger partial charge in [-0.05, 0) is 24.3 Å². The zero-order valence-corrected chi connectivity index (χ0v) is 11.1. The molecule has 1 aromatic carbocycles. The zero-order valence-electron chi connectivity index (χ0n) is 10.2. The molecule has 3 rings (SSSR count). The van der Waals surface area contributed by atoms with E-state index >= 15 is 0 Å². The van der Waals surface area contributed by atoms with Gasteiger partial charge in [-0.25, -0.2) is 9.78 Å².